The summed E-state index contributed by atoms with van der Waals surface area (Å²) in [5, 5.41) is 24.7. The maximum Gasteiger partial charge on any atom is 0.245 e. The second kappa shape index (κ2) is 14.2. The smallest absolute Gasteiger partial charge is 0.245 e. The van der Waals surface area contributed by atoms with Gasteiger partial charge in [0.2, 0.25) is 6.71 Å². The van der Waals surface area contributed by atoms with Crippen molar-refractivity contribution in [3.05, 3.63) is 199 Å². The van der Waals surface area contributed by atoms with Gasteiger partial charge in [-0.1, -0.05) is 181 Å². The van der Waals surface area contributed by atoms with Gasteiger partial charge >= 0.3 is 0 Å². The second-order valence-corrected chi connectivity index (χ2v) is 14.9. The molecule has 6 nitrogen and oxygen atoms in total. The molecule has 0 N–H and O–H groups in total. The monoisotopic (exact) mass is 762 g/mol. The van der Waals surface area contributed by atoms with Crippen LogP contribution < -0.4 is 16.4 Å². The average Bonchev–Trinajstić information content (AvgIpc) is 3.59. The molecule has 0 aliphatic carbocycles. The molecule has 0 fully saturated rings. The Balaban J connectivity index is 1.37. The molecule has 0 radical (unpaired) electrons. The summed E-state index contributed by atoms with van der Waals surface area (Å²) in [7, 11) is 0. The first-order valence-corrected chi connectivity index (χ1v) is 19.9. The van der Waals surface area contributed by atoms with E-state index in [1.54, 1.807) is 6.07 Å². The highest BCUT2D eigenvalue weighted by atomic mass is 15.1. The first-order chi connectivity index (χ1) is 29.7. The number of fused-ring (bicyclic) bond motifs is 8. The zero-order valence-corrected chi connectivity index (χ0v) is 32.2. The Bertz CT molecular complexity index is 3240. The molecule has 276 valence electrons. The first-order valence-electron chi connectivity index (χ1n) is 19.9. The van der Waals surface area contributed by atoms with Gasteiger partial charge in [0.1, 0.15) is 6.07 Å². The molecule has 1 aliphatic heterocycles. The van der Waals surface area contributed by atoms with Crippen molar-refractivity contribution in [2.45, 2.75) is 0 Å². The van der Waals surface area contributed by atoms with Gasteiger partial charge in [-0.15, -0.1) is 0 Å². The maximum absolute atomic E-state index is 11.4. The standard InChI is InChI=1S/C53H31BN6/c55-32-36-31-37(33-56)50(60-46-29-15-11-25-42(46)43-26-12-16-30-47(43)60)48(53-58-51(34-17-3-1-4-18-34)57-52(59-53)35-19-5-2-6-20-35)49(36)54-44-27-13-9-23-40(44)38-21-7-8-22-39(38)41-24-10-14-28-45(41)54/h1-31H. The van der Waals surface area contributed by atoms with Crippen LogP contribution in [-0.2, 0) is 0 Å². The number of para-hydroxylation sites is 2. The third-order valence-electron chi connectivity index (χ3n) is 11.6. The summed E-state index contributed by atoms with van der Waals surface area (Å²) in [6, 6.07) is 68.6. The van der Waals surface area contributed by atoms with E-state index in [0.717, 1.165) is 66.1 Å². The molecule has 0 atom stereocenters. The predicted octanol–water partition coefficient (Wildman–Crippen LogP) is 9.88. The van der Waals surface area contributed by atoms with Gasteiger partial charge in [0, 0.05) is 33.0 Å². The number of hydrogen-bond acceptors (Lipinski definition) is 5. The molecule has 0 saturated heterocycles. The Labute approximate surface area is 347 Å². The minimum atomic E-state index is -0.480. The van der Waals surface area contributed by atoms with Crippen LogP contribution in [0.3, 0.4) is 0 Å². The lowest BCUT2D eigenvalue weighted by Crippen LogP contribution is -2.54. The fourth-order valence-electron chi connectivity index (χ4n) is 9.13. The fraction of sp³-hybridized carbons (Fsp3) is 0. The molecule has 0 amide bonds. The molecular formula is C53H31BN6. The highest BCUT2D eigenvalue weighted by molar-refractivity contribution is 6.98. The minimum absolute atomic E-state index is 0.332. The Morgan fingerprint density at radius 2 is 0.833 bits per heavy atom. The van der Waals surface area contributed by atoms with Crippen LogP contribution in [0.2, 0.25) is 0 Å². The molecule has 0 unspecified atom stereocenters. The highest BCUT2D eigenvalue weighted by Gasteiger charge is 2.38. The Morgan fingerprint density at radius 1 is 0.417 bits per heavy atom. The Hall–Kier alpha value is -8.39. The quantitative estimate of drug-likeness (QED) is 0.163. The highest BCUT2D eigenvalue weighted by Crippen LogP contribution is 2.40. The summed E-state index contributed by atoms with van der Waals surface area (Å²) in [6.07, 6.45) is 0. The largest absolute Gasteiger partial charge is 0.307 e. The van der Waals surface area contributed by atoms with E-state index in [1.807, 2.05) is 84.9 Å². The van der Waals surface area contributed by atoms with Crippen molar-refractivity contribution in [1.82, 2.24) is 19.5 Å². The summed E-state index contributed by atoms with van der Waals surface area (Å²) in [5.41, 5.74) is 12.5. The van der Waals surface area contributed by atoms with Gasteiger partial charge in [-0.25, -0.2) is 15.0 Å². The van der Waals surface area contributed by atoms with Crippen molar-refractivity contribution < 1.29 is 0 Å². The van der Waals surface area contributed by atoms with Gasteiger partial charge < -0.3 is 4.57 Å². The first kappa shape index (κ1) is 34.8. The lowest BCUT2D eigenvalue weighted by Gasteiger charge is -2.25. The topological polar surface area (TPSA) is 91.2 Å². The van der Waals surface area contributed by atoms with E-state index < -0.39 is 6.71 Å². The molecule has 0 spiro atoms. The lowest BCUT2D eigenvalue weighted by atomic mass is 9.34. The van der Waals surface area contributed by atoms with Crippen molar-refractivity contribution in [3.63, 3.8) is 0 Å². The molecule has 0 bridgehead atoms. The van der Waals surface area contributed by atoms with Crippen molar-refractivity contribution in [1.29, 1.82) is 10.5 Å². The van der Waals surface area contributed by atoms with Crippen molar-refractivity contribution in [2.75, 3.05) is 0 Å². The van der Waals surface area contributed by atoms with E-state index >= 15 is 0 Å². The molecule has 11 rings (SSSR count). The van der Waals surface area contributed by atoms with Gasteiger partial charge in [0.25, 0.3) is 0 Å². The molecule has 10 aromatic rings. The molecular weight excluding hydrogens is 731 g/mol. The third-order valence-corrected chi connectivity index (χ3v) is 11.6. The normalized spacial score (nSPS) is 11.6. The van der Waals surface area contributed by atoms with E-state index in [0.29, 0.717) is 45.3 Å². The van der Waals surface area contributed by atoms with Gasteiger partial charge in [-0.2, -0.15) is 10.5 Å². The summed E-state index contributed by atoms with van der Waals surface area (Å²) < 4.78 is 2.17. The minimum Gasteiger partial charge on any atom is -0.307 e. The molecule has 1 aliphatic rings. The second-order valence-electron chi connectivity index (χ2n) is 14.9. The van der Waals surface area contributed by atoms with Crippen LogP contribution in [0.4, 0.5) is 0 Å². The van der Waals surface area contributed by atoms with Crippen LogP contribution in [0.5, 0.6) is 0 Å². The van der Waals surface area contributed by atoms with Crippen LogP contribution in [0.1, 0.15) is 11.1 Å². The van der Waals surface area contributed by atoms with Crippen LogP contribution in [0, 0.1) is 22.7 Å². The van der Waals surface area contributed by atoms with Gasteiger partial charge in [-0.3, -0.25) is 0 Å². The summed E-state index contributed by atoms with van der Waals surface area (Å²) >= 11 is 0. The number of nitriles is 2. The zero-order valence-electron chi connectivity index (χ0n) is 32.2. The van der Waals surface area contributed by atoms with E-state index in [4.69, 9.17) is 15.0 Å². The molecule has 60 heavy (non-hydrogen) atoms. The SMILES string of the molecule is N#Cc1cc(C#N)c(-n2c3ccccc3c3ccccc32)c(-c2nc(-c3ccccc3)nc(-c3ccccc3)n2)c1B1c2ccccc2-c2ccccc2-c2ccccc21. The number of benzene rings is 8. The number of nitrogens with zero attached hydrogens (tertiary/aromatic N) is 6. The van der Waals surface area contributed by atoms with Crippen LogP contribution in [0.15, 0.2) is 188 Å². The van der Waals surface area contributed by atoms with Crippen molar-refractivity contribution in [3.8, 4) is 74.2 Å². The van der Waals surface area contributed by atoms with Crippen molar-refractivity contribution >= 4 is 44.9 Å². The van der Waals surface area contributed by atoms with Crippen LogP contribution in [0.25, 0.3) is 83.9 Å². The summed E-state index contributed by atoms with van der Waals surface area (Å²) in [5.74, 6) is 1.32. The van der Waals surface area contributed by atoms with E-state index in [-0.39, 0.29) is 0 Å². The lowest BCUT2D eigenvalue weighted by molar-refractivity contribution is 1.06. The van der Waals surface area contributed by atoms with Crippen LogP contribution in [-0.4, -0.2) is 26.2 Å². The predicted molar refractivity (Wildman–Crippen MR) is 242 cm³/mol. The molecule has 3 heterocycles. The molecule has 0 saturated carbocycles. The zero-order chi connectivity index (χ0) is 40.2. The van der Waals surface area contributed by atoms with E-state index in [9.17, 15) is 10.5 Å². The van der Waals surface area contributed by atoms with E-state index in [1.165, 1.54) is 0 Å². The molecule has 8 aromatic carbocycles. The van der Waals surface area contributed by atoms with Gasteiger partial charge in [0.05, 0.1) is 28.4 Å². The summed E-state index contributed by atoms with van der Waals surface area (Å²) in [6.45, 7) is -0.480. The van der Waals surface area contributed by atoms with E-state index in [2.05, 4.69) is 114 Å². The van der Waals surface area contributed by atoms with Gasteiger partial charge in [0.15, 0.2) is 17.5 Å². The molecule has 7 heteroatoms. The van der Waals surface area contributed by atoms with Crippen molar-refractivity contribution in [2.24, 2.45) is 0 Å². The average molecular weight is 763 g/mol. The Kier molecular flexibility index (Phi) is 8.25. The number of hydrogen-bond donors (Lipinski definition) is 0. The fourth-order valence-corrected chi connectivity index (χ4v) is 9.13. The van der Waals surface area contributed by atoms with Crippen LogP contribution >= 0.6 is 0 Å². The Morgan fingerprint density at radius 3 is 1.33 bits per heavy atom. The maximum atomic E-state index is 11.4. The third kappa shape index (κ3) is 5.46. The van der Waals surface area contributed by atoms with Gasteiger partial charge in [-0.05, 0) is 45.9 Å². The number of rotatable bonds is 5. The summed E-state index contributed by atoms with van der Waals surface area (Å²) in [4.78, 5) is 15.8. The molecule has 2 aromatic heterocycles. The number of aromatic nitrogens is 4.